The quantitative estimate of drug-likeness (QED) is 0.294. The topological polar surface area (TPSA) is 66.8 Å². The van der Waals surface area contributed by atoms with Gasteiger partial charge in [0.1, 0.15) is 17.6 Å². The van der Waals surface area contributed by atoms with Crippen LogP contribution in [0.4, 0.5) is 0 Å². The van der Waals surface area contributed by atoms with Crippen LogP contribution in [0.25, 0.3) is 5.76 Å². The zero-order valence-electron chi connectivity index (χ0n) is 18.0. The van der Waals surface area contributed by atoms with Crippen molar-refractivity contribution in [3.63, 3.8) is 0 Å². The molecular formula is C27H22BrNO4. The van der Waals surface area contributed by atoms with Crippen LogP contribution in [-0.4, -0.2) is 27.8 Å². The Morgan fingerprint density at radius 2 is 1.79 bits per heavy atom. The first-order valence-corrected chi connectivity index (χ1v) is 11.6. The molecule has 1 fully saturated rings. The second kappa shape index (κ2) is 8.52. The lowest BCUT2D eigenvalue weighted by atomic mass is 9.94. The molecule has 0 bridgehead atoms. The minimum Gasteiger partial charge on any atom is -0.507 e. The number of nitrogens with zero attached hydrogens (tertiary/aromatic N) is 1. The summed E-state index contributed by atoms with van der Waals surface area (Å²) in [7, 11) is 0. The van der Waals surface area contributed by atoms with E-state index in [1.807, 2.05) is 73.7 Å². The van der Waals surface area contributed by atoms with Gasteiger partial charge < -0.3 is 14.7 Å². The third kappa shape index (κ3) is 3.95. The van der Waals surface area contributed by atoms with Gasteiger partial charge in [-0.3, -0.25) is 9.59 Å². The van der Waals surface area contributed by atoms with Crippen LogP contribution in [0.15, 0.2) is 82.8 Å². The third-order valence-electron chi connectivity index (χ3n) is 6.09. The van der Waals surface area contributed by atoms with E-state index in [0.717, 1.165) is 33.3 Å². The number of amides is 1. The van der Waals surface area contributed by atoms with Crippen molar-refractivity contribution in [1.82, 2.24) is 4.90 Å². The van der Waals surface area contributed by atoms with Gasteiger partial charge in [0.2, 0.25) is 0 Å². The van der Waals surface area contributed by atoms with Crippen LogP contribution in [0.5, 0.6) is 5.75 Å². The molecule has 0 radical (unpaired) electrons. The fraction of sp³-hybridized carbons (Fsp3) is 0.185. The van der Waals surface area contributed by atoms with Crippen molar-refractivity contribution in [2.24, 2.45) is 0 Å². The van der Waals surface area contributed by atoms with Crippen LogP contribution < -0.4 is 4.74 Å². The molecule has 0 aliphatic carbocycles. The molecule has 2 heterocycles. The molecule has 1 N–H and O–H groups in total. The molecule has 2 atom stereocenters. The molecule has 2 aliphatic rings. The van der Waals surface area contributed by atoms with Crippen molar-refractivity contribution in [3.8, 4) is 5.75 Å². The molecule has 166 valence electrons. The predicted molar refractivity (Wildman–Crippen MR) is 129 cm³/mol. The van der Waals surface area contributed by atoms with Gasteiger partial charge in [-0.05, 0) is 53.9 Å². The minimum atomic E-state index is -0.693. The fourth-order valence-corrected chi connectivity index (χ4v) is 4.80. The number of carbonyl (C=O) groups excluding carboxylic acids is 2. The fourth-order valence-electron chi connectivity index (χ4n) is 4.54. The molecule has 0 saturated carbocycles. The Labute approximate surface area is 200 Å². The molecule has 3 aromatic rings. The molecular weight excluding hydrogens is 482 g/mol. The number of hydrogen-bond acceptors (Lipinski definition) is 4. The first-order valence-electron chi connectivity index (χ1n) is 10.8. The van der Waals surface area contributed by atoms with E-state index in [1.54, 1.807) is 6.07 Å². The van der Waals surface area contributed by atoms with Gasteiger partial charge in [-0.15, -0.1) is 0 Å². The van der Waals surface area contributed by atoms with Gasteiger partial charge in [-0.1, -0.05) is 58.4 Å². The Morgan fingerprint density at radius 1 is 1.06 bits per heavy atom. The molecule has 6 heteroatoms. The molecule has 0 aromatic heterocycles. The summed E-state index contributed by atoms with van der Waals surface area (Å²) in [6, 6.07) is 21.7. The zero-order valence-corrected chi connectivity index (χ0v) is 19.6. The summed E-state index contributed by atoms with van der Waals surface area (Å²) < 4.78 is 6.65. The Bertz CT molecular complexity index is 1270. The largest absolute Gasteiger partial charge is 0.507 e. The van der Waals surface area contributed by atoms with Crippen LogP contribution in [0.2, 0.25) is 0 Å². The van der Waals surface area contributed by atoms with Crippen LogP contribution in [-0.2, 0) is 22.6 Å². The lowest BCUT2D eigenvalue weighted by Gasteiger charge is -2.25. The first kappa shape index (κ1) is 21.5. The number of carbonyl (C=O) groups is 2. The Kier molecular flexibility index (Phi) is 5.54. The highest BCUT2D eigenvalue weighted by Crippen LogP contribution is 2.41. The molecule has 2 unspecified atom stereocenters. The number of benzene rings is 3. The molecule has 3 aromatic carbocycles. The molecule has 5 rings (SSSR count). The average Bonchev–Trinajstić information content (AvgIpc) is 3.31. The standard InChI is InChI=1S/C27H22BrNO4/c1-16-13-20-14-19(9-12-22(20)33-16)25(30)23-24(18-7-10-21(28)11-8-18)29(27(32)26(23)31)15-17-5-3-2-4-6-17/h2-12,14,16,24,30H,13,15H2,1H3/b25-23-. The molecule has 1 amide bonds. The van der Waals surface area contributed by atoms with E-state index in [2.05, 4.69) is 15.9 Å². The Balaban J connectivity index is 1.62. The maximum absolute atomic E-state index is 13.2. The smallest absolute Gasteiger partial charge is 0.295 e. The summed E-state index contributed by atoms with van der Waals surface area (Å²) in [6.45, 7) is 2.25. The van der Waals surface area contributed by atoms with Crippen molar-refractivity contribution in [1.29, 1.82) is 0 Å². The SMILES string of the molecule is CC1Cc2cc(/C(O)=C3/C(=O)C(=O)N(Cc4ccccc4)C3c3ccc(Br)cc3)ccc2O1. The molecule has 2 aliphatic heterocycles. The van der Waals surface area contributed by atoms with Crippen molar-refractivity contribution in [2.75, 3.05) is 0 Å². The van der Waals surface area contributed by atoms with Crippen LogP contribution in [0.3, 0.4) is 0 Å². The van der Waals surface area contributed by atoms with Gasteiger partial charge in [0, 0.05) is 23.0 Å². The lowest BCUT2D eigenvalue weighted by molar-refractivity contribution is -0.140. The predicted octanol–water partition coefficient (Wildman–Crippen LogP) is 5.39. The van der Waals surface area contributed by atoms with Gasteiger partial charge in [-0.2, -0.15) is 0 Å². The van der Waals surface area contributed by atoms with E-state index in [4.69, 9.17) is 4.74 Å². The van der Waals surface area contributed by atoms with Gasteiger partial charge in [0.25, 0.3) is 11.7 Å². The van der Waals surface area contributed by atoms with Crippen LogP contribution in [0.1, 0.15) is 35.2 Å². The Morgan fingerprint density at radius 3 is 2.52 bits per heavy atom. The lowest BCUT2D eigenvalue weighted by Crippen LogP contribution is -2.29. The normalized spacial score (nSPS) is 21.2. The highest BCUT2D eigenvalue weighted by Gasteiger charge is 2.46. The van der Waals surface area contributed by atoms with Crippen molar-refractivity contribution in [2.45, 2.75) is 32.0 Å². The maximum atomic E-state index is 13.2. The molecule has 33 heavy (non-hydrogen) atoms. The van der Waals surface area contributed by atoms with Crippen LogP contribution in [0, 0.1) is 0 Å². The van der Waals surface area contributed by atoms with Gasteiger partial charge in [0.05, 0.1) is 11.6 Å². The van der Waals surface area contributed by atoms with Crippen molar-refractivity contribution >= 4 is 33.4 Å². The average molecular weight is 504 g/mol. The van der Waals surface area contributed by atoms with E-state index in [0.29, 0.717) is 5.56 Å². The summed E-state index contributed by atoms with van der Waals surface area (Å²) in [5.41, 5.74) is 3.25. The number of Topliss-reactive ketones (excluding diaryl/α,β-unsaturated/α-hetero) is 1. The highest BCUT2D eigenvalue weighted by atomic mass is 79.9. The molecule has 1 saturated heterocycles. The summed E-state index contributed by atoms with van der Waals surface area (Å²) in [6.07, 6.45) is 0.797. The number of halogens is 1. The summed E-state index contributed by atoms with van der Waals surface area (Å²) >= 11 is 3.44. The number of ketones is 1. The number of fused-ring (bicyclic) bond motifs is 1. The van der Waals surface area contributed by atoms with E-state index in [1.165, 1.54) is 4.90 Å². The number of rotatable bonds is 4. The monoisotopic (exact) mass is 503 g/mol. The second-order valence-electron chi connectivity index (χ2n) is 8.42. The van der Waals surface area contributed by atoms with E-state index < -0.39 is 17.7 Å². The number of aliphatic hydroxyl groups excluding tert-OH is 1. The second-order valence-corrected chi connectivity index (χ2v) is 9.33. The van der Waals surface area contributed by atoms with Crippen LogP contribution >= 0.6 is 15.9 Å². The van der Waals surface area contributed by atoms with Gasteiger partial charge in [0.15, 0.2) is 0 Å². The highest BCUT2D eigenvalue weighted by molar-refractivity contribution is 9.10. The number of ether oxygens (including phenoxy) is 1. The number of hydrogen-bond donors (Lipinski definition) is 1. The minimum absolute atomic E-state index is 0.0663. The summed E-state index contributed by atoms with van der Waals surface area (Å²) in [5, 5.41) is 11.3. The maximum Gasteiger partial charge on any atom is 0.295 e. The third-order valence-corrected chi connectivity index (χ3v) is 6.62. The summed E-state index contributed by atoms with van der Waals surface area (Å²) in [5.74, 6) is -0.680. The van der Waals surface area contributed by atoms with Gasteiger partial charge >= 0.3 is 0 Å². The van der Waals surface area contributed by atoms with E-state index >= 15 is 0 Å². The molecule has 5 nitrogen and oxygen atoms in total. The first-order chi connectivity index (χ1) is 15.9. The van der Waals surface area contributed by atoms with Crippen molar-refractivity contribution in [3.05, 3.63) is 105 Å². The van der Waals surface area contributed by atoms with E-state index in [9.17, 15) is 14.7 Å². The summed E-state index contributed by atoms with van der Waals surface area (Å²) in [4.78, 5) is 27.9. The number of likely N-dealkylation sites (tertiary alicyclic amines) is 1. The van der Waals surface area contributed by atoms with Crippen molar-refractivity contribution < 1.29 is 19.4 Å². The Hall–Kier alpha value is -3.38. The van der Waals surface area contributed by atoms with E-state index in [-0.39, 0.29) is 24.0 Å². The number of aliphatic hydroxyl groups is 1. The molecule has 0 spiro atoms. The zero-order chi connectivity index (χ0) is 23.1. The van der Waals surface area contributed by atoms with Gasteiger partial charge in [-0.25, -0.2) is 0 Å².